The van der Waals surface area contributed by atoms with E-state index >= 15 is 0 Å². The highest BCUT2D eigenvalue weighted by Gasteiger charge is 2.10. The third kappa shape index (κ3) is 5.82. The zero-order valence-electron chi connectivity index (χ0n) is 14.2. The highest BCUT2D eigenvalue weighted by molar-refractivity contribution is 6.35. The number of rotatable bonds is 9. The second-order valence-electron chi connectivity index (χ2n) is 5.30. The summed E-state index contributed by atoms with van der Waals surface area (Å²) >= 11 is 11.8. The van der Waals surface area contributed by atoms with Crippen molar-refractivity contribution in [2.45, 2.75) is 19.8 Å². The number of halogens is 2. The van der Waals surface area contributed by atoms with E-state index in [1.165, 1.54) is 12.4 Å². The van der Waals surface area contributed by atoms with Gasteiger partial charge in [-0.15, -0.1) is 0 Å². The number of anilines is 3. The molecule has 0 atom stereocenters. The minimum atomic E-state index is -0.436. The van der Waals surface area contributed by atoms with E-state index < -0.39 is 5.91 Å². The first-order valence-corrected chi connectivity index (χ1v) is 8.74. The Labute approximate surface area is 161 Å². The van der Waals surface area contributed by atoms with Gasteiger partial charge in [0.15, 0.2) is 18.2 Å². The van der Waals surface area contributed by atoms with Crippen LogP contribution in [0.3, 0.4) is 0 Å². The van der Waals surface area contributed by atoms with E-state index in [2.05, 4.69) is 33.1 Å². The molecule has 0 saturated carbocycles. The van der Waals surface area contributed by atoms with Gasteiger partial charge in [0, 0.05) is 11.6 Å². The molecule has 1 heterocycles. The highest BCUT2D eigenvalue weighted by atomic mass is 35.5. The molecule has 10 heteroatoms. The van der Waals surface area contributed by atoms with Crippen molar-refractivity contribution in [1.29, 1.82) is 0 Å². The molecule has 0 aliphatic heterocycles. The average Bonchev–Trinajstić information content (AvgIpc) is 2.61. The molecule has 0 radical (unpaired) electrons. The molecular formula is C16H20Cl2N6O2. The number of nitrogens with one attached hydrogen (secondary N) is 3. The van der Waals surface area contributed by atoms with E-state index in [0.29, 0.717) is 27.3 Å². The molecule has 0 saturated heterocycles. The quantitative estimate of drug-likeness (QED) is 0.378. The Bertz CT molecular complexity index is 760. The molecule has 0 aliphatic rings. The standard InChI is InChI=1S/C16H20Cl2N6O2/c1-2-3-6-20-15-14(19)16(22-9-21-15)24-23-13(25)8-26-12-5-4-10(17)7-11(12)18/h4-5,7,9H,2-3,6,8,19H2,1H3,(H,23,25)(H2,20,21,22,24). The van der Waals surface area contributed by atoms with Gasteiger partial charge in [-0.3, -0.25) is 15.6 Å². The summed E-state index contributed by atoms with van der Waals surface area (Å²) in [5.41, 5.74) is 11.4. The number of carbonyl (C=O) groups is 1. The predicted octanol–water partition coefficient (Wildman–Crippen LogP) is 3.10. The summed E-state index contributed by atoms with van der Waals surface area (Å²) in [7, 11) is 0. The Balaban J connectivity index is 1.86. The van der Waals surface area contributed by atoms with Crippen LogP contribution in [-0.2, 0) is 4.79 Å². The number of benzene rings is 1. The van der Waals surface area contributed by atoms with Crippen molar-refractivity contribution in [3.05, 3.63) is 34.6 Å². The van der Waals surface area contributed by atoms with Crippen LogP contribution in [0.2, 0.25) is 10.0 Å². The van der Waals surface area contributed by atoms with Gasteiger partial charge in [-0.05, 0) is 24.6 Å². The summed E-state index contributed by atoms with van der Waals surface area (Å²) in [4.78, 5) is 20.0. The Morgan fingerprint density at radius 1 is 1.27 bits per heavy atom. The first-order chi connectivity index (χ1) is 12.5. The van der Waals surface area contributed by atoms with E-state index in [0.717, 1.165) is 19.4 Å². The lowest BCUT2D eigenvalue weighted by molar-refractivity contribution is -0.122. The summed E-state index contributed by atoms with van der Waals surface area (Å²) in [5, 5.41) is 3.92. The molecule has 5 N–H and O–H groups in total. The average molecular weight is 399 g/mol. The molecule has 8 nitrogen and oxygen atoms in total. The number of ether oxygens (including phenoxy) is 1. The fraction of sp³-hybridized carbons (Fsp3) is 0.312. The lowest BCUT2D eigenvalue weighted by atomic mass is 10.3. The van der Waals surface area contributed by atoms with E-state index in [4.69, 9.17) is 33.7 Å². The lowest BCUT2D eigenvalue weighted by Gasteiger charge is -2.13. The first kappa shape index (κ1) is 19.9. The van der Waals surface area contributed by atoms with Crippen LogP contribution < -0.4 is 26.6 Å². The molecule has 140 valence electrons. The van der Waals surface area contributed by atoms with Crippen LogP contribution in [0, 0.1) is 0 Å². The topological polar surface area (TPSA) is 114 Å². The normalized spacial score (nSPS) is 10.3. The zero-order chi connectivity index (χ0) is 18.9. The third-order valence-corrected chi connectivity index (χ3v) is 3.81. The van der Waals surface area contributed by atoms with E-state index in [-0.39, 0.29) is 12.4 Å². The minimum Gasteiger partial charge on any atom is -0.482 e. The van der Waals surface area contributed by atoms with E-state index in [9.17, 15) is 4.79 Å². The number of nitrogens with two attached hydrogens (primary N) is 1. The van der Waals surface area contributed by atoms with Crippen LogP contribution >= 0.6 is 23.2 Å². The van der Waals surface area contributed by atoms with Crippen LogP contribution in [0.4, 0.5) is 17.3 Å². The van der Waals surface area contributed by atoms with Gasteiger partial charge in [-0.25, -0.2) is 9.97 Å². The van der Waals surface area contributed by atoms with Gasteiger partial charge < -0.3 is 15.8 Å². The predicted molar refractivity (Wildman–Crippen MR) is 104 cm³/mol. The largest absolute Gasteiger partial charge is 0.482 e. The summed E-state index contributed by atoms with van der Waals surface area (Å²) < 4.78 is 5.34. The van der Waals surface area contributed by atoms with Crippen LogP contribution in [-0.4, -0.2) is 29.0 Å². The van der Waals surface area contributed by atoms with Gasteiger partial charge in [0.25, 0.3) is 5.91 Å². The Morgan fingerprint density at radius 3 is 2.77 bits per heavy atom. The molecule has 1 aromatic carbocycles. The van der Waals surface area contributed by atoms with Crippen LogP contribution in [0.5, 0.6) is 5.75 Å². The Hall–Kier alpha value is -2.45. The monoisotopic (exact) mass is 398 g/mol. The molecule has 0 fully saturated rings. The molecule has 1 amide bonds. The maximum atomic E-state index is 11.9. The second-order valence-corrected chi connectivity index (χ2v) is 6.15. The highest BCUT2D eigenvalue weighted by Crippen LogP contribution is 2.27. The summed E-state index contributed by atoms with van der Waals surface area (Å²) in [6.07, 6.45) is 3.40. The molecule has 2 aromatic rings. The number of unbranched alkanes of at least 4 members (excludes halogenated alkanes) is 1. The molecule has 26 heavy (non-hydrogen) atoms. The van der Waals surface area contributed by atoms with Crippen LogP contribution in [0.25, 0.3) is 0 Å². The van der Waals surface area contributed by atoms with Crippen molar-refractivity contribution < 1.29 is 9.53 Å². The van der Waals surface area contributed by atoms with Crippen molar-refractivity contribution in [3.63, 3.8) is 0 Å². The van der Waals surface area contributed by atoms with Crippen molar-refractivity contribution >= 4 is 46.4 Å². The second kappa shape index (κ2) is 9.88. The molecule has 2 rings (SSSR count). The number of carbonyl (C=O) groups excluding carboxylic acids is 1. The van der Waals surface area contributed by atoms with Crippen molar-refractivity contribution in [1.82, 2.24) is 15.4 Å². The van der Waals surface area contributed by atoms with Crippen molar-refractivity contribution in [3.8, 4) is 5.75 Å². The summed E-state index contributed by atoms with van der Waals surface area (Å²) in [6.45, 7) is 2.59. The first-order valence-electron chi connectivity index (χ1n) is 7.98. The van der Waals surface area contributed by atoms with Gasteiger partial charge >= 0.3 is 0 Å². The van der Waals surface area contributed by atoms with Crippen LogP contribution in [0.1, 0.15) is 19.8 Å². The SMILES string of the molecule is CCCCNc1ncnc(NNC(=O)COc2ccc(Cl)cc2Cl)c1N. The van der Waals surface area contributed by atoms with E-state index in [1.807, 2.05) is 0 Å². The van der Waals surface area contributed by atoms with Crippen molar-refractivity contribution in [2.24, 2.45) is 0 Å². The molecule has 0 unspecified atom stereocenters. The number of aromatic nitrogens is 2. The van der Waals surface area contributed by atoms with Crippen molar-refractivity contribution in [2.75, 3.05) is 29.6 Å². The number of hydrazine groups is 1. The molecule has 0 aliphatic carbocycles. The Kier molecular flexibility index (Phi) is 7.55. The molecular weight excluding hydrogens is 379 g/mol. The maximum Gasteiger partial charge on any atom is 0.276 e. The Morgan fingerprint density at radius 2 is 2.04 bits per heavy atom. The fourth-order valence-electron chi connectivity index (χ4n) is 1.92. The summed E-state index contributed by atoms with van der Waals surface area (Å²) in [6, 6.07) is 4.73. The number of hydrogen-bond donors (Lipinski definition) is 4. The third-order valence-electron chi connectivity index (χ3n) is 3.28. The molecule has 1 aromatic heterocycles. The van der Waals surface area contributed by atoms with Gasteiger partial charge in [0.1, 0.15) is 17.8 Å². The maximum absolute atomic E-state index is 11.9. The van der Waals surface area contributed by atoms with Gasteiger partial charge in [0.2, 0.25) is 0 Å². The smallest absolute Gasteiger partial charge is 0.276 e. The molecule has 0 bridgehead atoms. The number of amides is 1. The number of hydrogen-bond acceptors (Lipinski definition) is 7. The van der Waals surface area contributed by atoms with Gasteiger partial charge in [-0.2, -0.15) is 0 Å². The zero-order valence-corrected chi connectivity index (χ0v) is 15.7. The van der Waals surface area contributed by atoms with E-state index in [1.54, 1.807) is 12.1 Å². The number of nitrogen functional groups attached to an aromatic ring is 1. The van der Waals surface area contributed by atoms with Gasteiger partial charge in [-0.1, -0.05) is 36.5 Å². The fourth-order valence-corrected chi connectivity index (χ4v) is 2.38. The molecule has 0 spiro atoms. The lowest BCUT2D eigenvalue weighted by Crippen LogP contribution is -2.34. The van der Waals surface area contributed by atoms with Crippen LogP contribution in [0.15, 0.2) is 24.5 Å². The minimum absolute atomic E-state index is 0.249. The van der Waals surface area contributed by atoms with Gasteiger partial charge in [0.05, 0.1) is 5.02 Å². The number of nitrogens with zero attached hydrogens (tertiary/aromatic N) is 2. The summed E-state index contributed by atoms with van der Waals surface area (Å²) in [5.74, 6) is 0.718.